The molecule has 0 aromatic heterocycles. The van der Waals surface area contributed by atoms with E-state index in [0.29, 0.717) is 17.7 Å². The Balaban J connectivity index is 1.81. The molecule has 3 heteroatoms. The second-order valence-corrected chi connectivity index (χ2v) is 4.95. The minimum atomic E-state index is 0.359. The van der Waals surface area contributed by atoms with Crippen molar-refractivity contribution in [3.05, 3.63) is 0 Å². The van der Waals surface area contributed by atoms with Crippen molar-refractivity contribution in [3.63, 3.8) is 0 Å². The molecule has 0 aromatic rings. The predicted molar refractivity (Wildman–Crippen MR) is 60.5 cm³/mol. The van der Waals surface area contributed by atoms with Crippen LogP contribution in [0.1, 0.15) is 26.2 Å². The Morgan fingerprint density at radius 1 is 1.40 bits per heavy atom. The van der Waals surface area contributed by atoms with Gasteiger partial charge in [0.15, 0.2) is 0 Å². The van der Waals surface area contributed by atoms with E-state index in [1.807, 2.05) is 18.9 Å². The zero-order valence-corrected chi connectivity index (χ0v) is 9.83. The van der Waals surface area contributed by atoms with Gasteiger partial charge >= 0.3 is 0 Å². The van der Waals surface area contributed by atoms with Crippen LogP contribution in [0.25, 0.3) is 0 Å². The van der Waals surface area contributed by atoms with Gasteiger partial charge in [-0.25, -0.2) is 0 Å². The number of amides is 1. The molecule has 2 atom stereocenters. The summed E-state index contributed by atoms with van der Waals surface area (Å²) in [7, 11) is 1.92. The van der Waals surface area contributed by atoms with E-state index < -0.39 is 0 Å². The maximum atomic E-state index is 11.9. The van der Waals surface area contributed by atoms with Crippen LogP contribution in [-0.2, 0) is 4.79 Å². The highest BCUT2D eigenvalue weighted by molar-refractivity contribution is 5.81. The van der Waals surface area contributed by atoms with Crippen LogP contribution in [0.5, 0.6) is 0 Å². The fourth-order valence-corrected chi connectivity index (χ4v) is 2.73. The van der Waals surface area contributed by atoms with E-state index >= 15 is 0 Å². The number of carbonyl (C=O) groups excluding carboxylic acids is 1. The summed E-state index contributed by atoms with van der Waals surface area (Å²) >= 11 is 0. The number of nitrogens with one attached hydrogen (secondary N) is 1. The number of carbonyl (C=O) groups is 1. The molecule has 1 aliphatic heterocycles. The molecular weight excluding hydrogens is 188 g/mol. The molecule has 2 aliphatic rings. The first-order chi connectivity index (χ1) is 7.24. The van der Waals surface area contributed by atoms with Crippen LogP contribution in [0.15, 0.2) is 0 Å². The van der Waals surface area contributed by atoms with E-state index in [1.54, 1.807) is 0 Å². The van der Waals surface area contributed by atoms with Gasteiger partial charge in [0.25, 0.3) is 0 Å². The standard InChI is InChI=1S/C12H22N2O/c1-3-14(2)12(15)11-8-10(11)9-4-6-13-7-5-9/h9-11,13H,3-8H2,1-2H3/t10-,11+/m0/s1. The van der Waals surface area contributed by atoms with E-state index in [1.165, 1.54) is 12.8 Å². The van der Waals surface area contributed by atoms with Crippen molar-refractivity contribution in [2.75, 3.05) is 26.7 Å². The first-order valence-electron chi connectivity index (χ1n) is 6.19. The zero-order chi connectivity index (χ0) is 10.8. The van der Waals surface area contributed by atoms with Crippen LogP contribution in [-0.4, -0.2) is 37.5 Å². The van der Waals surface area contributed by atoms with Crippen LogP contribution >= 0.6 is 0 Å². The Bertz CT molecular complexity index is 236. The molecule has 0 radical (unpaired) electrons. The highest BCUT2D eigenvalue weighted by atomic mass is 16.2. The lowest BCUT2D eigenvalue weighted by Gasteiger charge is -2.23. The molecule has 15 heavy (non-hydrogen) atoms. The van der Waals surface area contributed by atoms with Crippen molar-refractivity contribution in [2.45, 2.75) is 26.2 Å². The molecule has 1 amide bonds. The second-order valence-electron chi connectivity index (χ2n) is 4.95. The van der Waals surface area contributed by atoms with Crippen molar-refractivity contribution in [3.8, 4) is 0 Å². The van der Waals surface area contributed by atoms with E-state index in [0.717, 1.165) is 32.0 Å². The zero-order valence-electron chi connectivity index (χ0n) is 9.83. The van der Waals surface area contributed by atoms with Crippen LogP contribution in [0.3, 0.4) is 0 Å². The molecule has 2 fully saturated rings. The number of hydrogen-bond donors (Lipinski definition) is 1. The predicted octanol–water partition coefficient (Wildman–Crippen LogP) is 1.10. The Morgan fingerprint density at radius 2 is 2.07 bits per heavy atom. The topological polar surface area (TPSA) is 32.3 Å². The van der Waals surface area contributed by atoms with Crippen molar-refractivity contribution < 1.29 is 4.79 Å². The third kappa shape index (κ3) is 2.33. The van der Waals surface area contributed by atoms with E-state index in [4.69, 9.17) is 0 Å². The monoisotopic (exact) mass is 210 g/mol. The number of rotatable bonds is 3. The van der Waals surface area contributed by atoms with Gasteiger partial charge in [-0.05, 0) is 51.1 Å². The SMILES string of the molecule is CCN(C)C(=O)[C@@H]1C[C@H]1C1CCNCC1. The summed E-state index contributed by atoms with van der Waals surface area (Å²) in [4.78, 5) is 13.8. The molecule has 1 heterocycles. The minimum absolute atomic E-state index is 0.359. The van der Waals surface area contributed by atoms with Crippen molar-refractivity contribution >= 4 is 5.91 Å². The fraction of sp³-hybridized carbons (Fsp3) is 0.917. The van der Waals surface area contributed by atoms with Gasteiger partial charge in [-0.15, -0.1) is 0 Å². The Hall–Kier alpha value is -0.570. The maximum absolute atomic E-state index is 11.9. The maximum Gasteiger partial charge on any atom is 0.225 e. The van der Waals surface area contributed by atoms with Gasteiger partial charge < -0.3 is 10.2 Å². The Morgan fingerprint density at radius 3 is 2.67 bits per heavy atom. The summed E-state index contributed by atoms with van der Waals surface area (Å²) < 4.78 is 0. The van der Waals surface area contributed by atoms with Crippen LogP contribution < -0.4 is 5.32 Å². The van der Waals surface area contributed by atoms with Crippen molar-refractivity contribution in [1.82, 2.24) is 10.2 Å². The number of hydrogen-bond acceptors (Lipinski definition) is 2. The van der Waals surface area contributed by atoms with Crippen LogP contribution in [0.2, 0.25) is 0 Å². The third-order valence-electron chi connectivity index (χ3n) is 4.00. The van der Waals surface area contributed by atoms with Gasteiger partial charge in [0.2, 0.25) is 5.91 Å². The van der Waals surface area contributed by atoms with E-state index in [9.17, 15) is 4.79 Å². The lowest BCUT2D eigenvalue weighted by molar-refractivity contribution is -0.131. The van der Waals surface area contributed by atoms with Crippen LogP contribution in [0.4, 0.5) is 0 Å². The summed E-state index contributed by atoms with van der Waals surface area (Å²) in [5.41, 5.74) is 0. The second kappa shape index (κ2) is 4.52. The van der Waals surface area contributed by atoms with E-state index in [2.05, 4.69) is 5.32 Å². The summed E-state index contributed by atoms with van der Waals surface area (Å²) in [6.45, 7) is 5.17. The molecule has 86 valence electrons. The van der Waals surface area contributed by atoms with Gasteiger partial charge in [-0.3, -0.25) is 4.79 Å². The molecule has 0 bridgehead atoms. The van der Waals surface area contributed by atoms with Gasteiger partial charge in [-0.1, -0.05) is 0 Å². The van der Waals surface area contributed by atoms with Crippen molar-refractivity contribution in [1.29, 1.82) is 0 Å². The molecule has 0 unspecified atom stereocenters. The largest absolute Gasteiger partial charge is 0.346 e. The lowest BCUT2D eigenvalue weighted by Crippen LogP contribution is -2.31. The lowest BCUT2D eigenvalue weighted by atomic mass is 9.92. The van der Waals surface area contributed by atoms with Gasteiger partial charge in [0.1, 0.15) is 0 Å². The van der Waals surface area contributed by atoms with Crippen LogP contribution in [0, 0.1) is 17.8 Å². The Kier molecular flexibility index (Phi) is 3.29. The first-order valence-corrected chi connectivity index (χ1v) is 6.19. The molecule has 1 aliphatic carbocycles. The summed E-state index contributed by atoms with van der Waals surface area (Å²) in [6, 6.07) is 0. The highest BCUT2D eigenvalue weighted by Crippen LogP contribution is 2.48. The molecule has 1 N–H and O–H groups in total. The minimum Gasteiger partial charge on any atom is -0.346 e. The molecular formula is C12H22N2O. The Labute approximate surface area is 92.2 Å². The normalized spacial score (nSPS) is 31.3. The molecule has 2 rings (SSSR count). The van der Waals surface area contributed by atoms with Gasteiger partial charge in [-0.2, -0.15) is 0 Å². The number of piperidine rings is 1. The molecule has 3 nitrogen and oxygen atoms in total. The van der Waals surface area contributed by atoms with Gasteiger partial charge in [0, 0.05) is 19.5 Å². The molecule has 0 aromatic carbocycles. The fourth-order valence-electron chi connectivity index (χ4n) is 2.73. The average Bonchev–Trinajstić information content (AvgIpc) is 3.08. The summed E-state index contributed by atoms with van der Waals surface area (Å²) in [5, 5.41) is 3.38. The molecule has 1 saturated heterocycles. The third-order valence-corrected chi connectivity index (χ3v) is 4.00. The average molecular weight is 210 g/mol. The van der Waals surface area contributed by atoms with Gasteiger partial charge in [0.05, 0.1) is 0 Å². The summed E-state index contributed by atoms with van der Waals surface area (Å²) in [6.07, 6.45) is 3.68. The molecule has 1 saturated carbocycles. The smallest absolute Gasteiger partial charge is 0.225 e. The van der Waals surface area contributed by atoms with Crippen molar-refractivity contribution in [2.24, 2.45) is 17.8 Å². The summed E-state index contributed by atoms with van der Waals surface area (Å²) in [5.74, 6) is 2.25. The first kappa shape index (κ1) is 10.9. The number of nitrogens with zero attached hydrogens (tertiary/aromatic N) is 1. The van der Waals surface area contributed by atoms with E-state index in [-0.39, 0.29) is 0 Å². The highest BCUT2D eigenvalue weighted by Gasteiger charge is 2.48. The molecule has 0 spiro atoms. The quantitative estimate of drug-likeness (QED) is 0.756.